The Hall–Kier alpha value is -2.20. The molecule has 0 unspecified atom stereocenters. The van der Waals surface area contributed by atoms with Gasteiger partial charge in [-0.15, -0.1) is 0 Å². The van der Waals surface area contributed by atoms with Crippen molar-refractivity contribution in [3.63, 3.8) is 0 Å². The first-order valence-corrected chi connectivity index (χ1v) is 6.49. The Bertz CT molecular complexity index is 641. The lowest BCUT2D eigenvalue weighted by Gasteiger charge is -2.16. The van der Waals surface area contributed by atoms with Crippen molar-refractivity contribution < 1.29 is 4.79 Å². The van der Waals surface area contributed by atoms with Crippen LogP contribution in [0.1, 0.15) is 10.4 Å². The number of carbonyl (C=O) groups is 1. The number of nitrogens with two attached hydrogens (primary N) is 1. The van der Waals surface area contributed by atoms with Crippen molar-refractivity contribution in [1.82, 2.24) is 4.90 Å². The summed E-state index contributed by atoms with van der Waals surface area (Å²) in [6.45, 7) is 0. The maximum absolute atomic E-state index is 12.2. The molecule has 104 valence electrons. The lowest BCUT2D eigenvalue weighted by Crippen LogP contribution is -2.22. The molecule has 0 aliphatic carbocycles. The number of benzene rings is 2. The average molecular weight is 290 g/mol. The number of hydrogen-bond acceptors (Lipinski definition) is 3. The fraction of sp³-hybridized carbons (Fsp3) is 0.133. The third kappa shape index (κ3) is 3.22. The van der Waals surface area contributed by atoms with Gasteiger partial charge in [-0.3, -0.25) is 4.79 Å². The minimum absolute atomic E-state index is 0.0884. The summed E-state index contributed by atoms with van der Waals surface area (Å²) in [4.78, 5) is 13.7. The second kappa shape index (κ2) is 5.84. The van der Waals surface area contributed by atoms with Gasteiger partial charge < -0.3 is 16.0 Å². The van der Waals surface area contributed by atoms with Crippen LogP contribution in [0.15, 0.2) is 42.5 Å². The number of nitrogen functional groups attached to an aromatic ring is 1. The zero-order valence-electron chi connectivity index (χ0n) is 11.4. The van der Waals surface area contributed by atoms with Crippen molar-refractivity contribution in [2.45, 2.75) is 0 Å². The first-order chi connectivity index (χ1) is 9.47. The third-order valence-corrected chi connectivity index (χ3v) is 3.02. The molecular formula is C15H16ClN3O. The van der Waals surface area contributed by atoms with Gasteiger partial charge in [0.25, 0.3) is 5.91 Å². The molecule has 0 radical (unpaired) electrons. The van der Waals surface area contributed by atoms with Crippen molar-refractivity contribution in [3.8, 4) is 0 Å². The number of anilines is 3. The van der Waals surface area contributed by atoms with E-state index in [0.717, 1.165) is 5.69 Å². The molecule has 4 nitrogen and oxygen atoms in total. The summed E-state index contributed by atoms with van der Waals surface area (Å²) < 4.78 is 0. The van der Waals surface area contributed by atoms with Gasteiger partial charge in [-0.2, -0.15) is 0 Å². The molecule has 2 aromatic carbocycles. The van der Waals surface area contributed by atoms with Crippen LogP contribution in [0.2, 0.25) is 5.02 Å². The van der Waals surface area contributed by atoms with Gasteiger partial charge in [-0.05, 0) is 36.4 Å². The molecule has 2 aromatic rings. The monoisotopic (exact) mass is 289 g/mol. The summed E-state index contributed by atoms with van der Waals surface area (Å²) in [6, 6.07) is 12.4. The molecule has 0 heterocycles. The number of nitrogens with zero attached hydrogens (tertiary/aromatic N) is 1. The zero-order chi connectivity index (χ0) is 14.7. The Labute approximate surface area is 123 Å². The van der Waals surface area contributed by atoms with Crippen molar-refractivity contribution in [1.29, 1.82) is 0 Å². The average Bonchev–Trinajstić information content (AvgIpc) is 2.38. The predicted octanol–water partition coefficient (Wildman–Crippen LogP) is 3.37. The Kier molecular flexibility index (Phi) is 4.15. The molecule has 0 saturated carbocycles. The second-order valence-electron chi connectivity index (χ2n) is 4.64. The molecule has 1 amide bonds. The highest BCUT2D eigenvalue weighted by molar-refractivity contribution is 6.30. The van der Waals surface area contributed by atoms with Crippen LogP contribution in [0.3, 0.4) is 0 Å². The summed E-state index contributed by atoms with van der Waals surface area (Å²) in [5.41, 5.74) is 8.40. The third-order valence-electron chi connectivity index (χ3n) is 2.78. The molecule has 0 bridgehead atoms. The summed E-state index contributed by atoms with van der Waals surface area (Å²) in [5.74, 6) is -0.0884. The summed E-state index contributed by atoms with van der Waals surface area (Å²) >= 11 is 5.96. The van der Waals surface area contributed by atoms with E-state index < -0.39 is 0 Å². The highest BCUT2D eigenvalue weighted by Crippen LogP contribution is 2.25. The highest BCUT2D eigenvalue weighted by Gasteiger charge is 2.13. The normalized spacial score (nSPS) is 10.2. The molecule has 0 aromatic heterocycles. The van der Waals surface area contributed by atoms with Crippen LogP contribution in [0, 0.1) is 0 Å². The van der Waals surface area contributed by atoms with E-state index in [1.165, 1.54) is 4.90 Å². The smallest absolute Gasteiger partial charge is 0.255 e. The van der Waals surface area contributed by atoms with E-state index in [1.807, 2.05) is 12.1 Å². The van der Waals surface area contributed by atoms with Gasteiger partial charge in [-0.1, -0.05) is 17.7 Å². The maximum Gasteiger partial charge on any atom is 0.255 e. The van der Waals surface area contributed by atoms with Crippen LogP contribution in [0.5, 0.6) is 0 Å². The first kappa shape index (κ1) is 14.2. The van der Waals surface area contributed by atoms with Gasteiger partial charge in [0.15, 0.2) is 0 Å². The lowest BCUT2D eigenvalue weighted by atomic mass is 10.1. The first-order valence-electron chi connectivity index (χ1n) is 6.11. The quantitative estimate of drug-likeness (QED) is 0.852. The van der Waals surface area contributed by atoms with Crippen LogP contribution in [0.25, 0.3) is 0 Å². The van der Waals surface area contributed by atoms with E-state index in [4.69, 9.17) is 17.3 Å². The van der Waals surface area contributed by atoms with Crippen molar-refractivity contribution >= 4 is 34.6 Å². The molecule has 3 N–H and O–H groups in total. The molecule has 5 heteroatoms. The number of nitrogens with one attached hydrogen (secondary N) is 1. The van der Waals surface area contributed by atoms with Gasteiger partial charge in [0, 0.05) is 30.5 Å². The van der Waals surface area contributed by atoms with Crippen molar-refractivity contribution in [2.75, 3.05) is 25.1 Å². The molecule has 0 atom stereocenters. The van der Waals surface area contributed by atoms with Gasteiger partial charge in [0.2, 0.25) is 0 Å². The Morgan fingerprint density at radius 3 is 2.60 bits per heavy atom. The summed E-state index contributed by atoms with van der Waals surface area (Å²) in [7, 11) is 3.42. The fourth-order valence-electron chi connectivity index (χ4n) is 1.81. The van der Waals surface area contributed by atoms with Crippen molar-refractivity contribution in [3.05, 3.63) is 53.1 Å². The van der Waals surface area contributed by atoms with E-state index >= 15 is 0 Å². The van der Waals surface area contributed by atoms with Gasteiger partial charge in [0.1, 0.15) is 0 Å². The predicted molar refractivity (Wildman–Crippen MR) is 83.6 cm³/mol. The van der Waals surface area contributed by atoms with Crippen LogP contribution in [0.4, 0.5) is 17.1 Å². The maximum atomic E-state index is 12.2. The summed E-state index contributed by atoms with van der Waals surface area (Å²) in [5, 5.41) is 3.80. The Morgan fingerprint density at radius 1 is 1.20 bits per heavy atom. The molecule has 2 rings (SSSR count). The number of hydrogen-bond donors (Lipinski definition) is 2. The molecule has 0 aliphatic heterocycles. The van der Waals surface area contributed by atoms with Crippen molar-refractivity contribution in [2.24, 2.45) is 0 Å². The Morgan fingerprint density at radius 2 is 1.95 bits per heavy atom. The topological polar surface area (TPSA) is 58.4 Å². The Balaban J connectivity index is 2.39. The lowest BCUT2D eigenvalue weighted by molar-refractivity contribution is 0.0828. The number of amides is 1. The molecular weight excluding hydrogens is 274 g/mol. The van der Waals surface area contributed by atoms with E-state index in [9.17, 15) is 4.79 Å². The van der Waals surface area contributed by atoms with Crippen LogP contribution < -0.4 is 11.1 Å². The van der Waals surface area contributed by atoms with Crippen LogP contribution in [-0.4, -0.2) is 24.9 Å². The van der Waals surface area contributed by atoms with Gasteiger partial charge in [-0.25, -0.2) is 0 Å². The molecule has 20 heavy (non-hydrogen) atoms. The van der Waals surface area contributed by atoms with E-state index in [1.54, 1.807) is 44.4 Å². The minimum Gasteiger partial charge on any atom is -0.399 e. The van der Waals surface area contributed by atoms with Crippen LogP contribution in [-0.2, 0) is 0 Å². The minimum atomic E-state index is -0.0884. The van der Waals surface area contributed by atoms with E-state index in [0.29, 0.717) is 22.0 Å². The second-order valence-corrected chi connectivity index (χ2v) is 5.08. The number of carbonyl (C=O) groups excluding carboxylic acids is 1. The van der Waals surface area contributed by atoms with E-state index in [2.05, 4.69) is 5.32 Å². The largest absolute Gasteiger partial charge is 0.399 e. The van der Waals surface area contributed by atoms with Crippen LogP contribution >= 0.6 is 11.6 Å². The standard InChI is InChI=1S/C15H16ClN3O/c1-19(2)15(20)13-7-6-11(17)9-14(13)18-12-5-3-4-10(16)8-12/h3-9,18H,17H2,1-2H3. The van der Waals surface area contributed by atoms with Gasteiger partial charge >= 0.3 is 0 Å². The number of rotatable bonds is 3. The molecule has 0 aliphatic rings. The molecule has 0 saturated heterocycles. The molecule has 0 spiro atoms. The molecule has 0 fully saturated rings. The fourth-order valence-corrected chi connectivity index (χ4v) is 2.00. The summed E-state index contributed by atoms with van der Waals surface area (Å²) in [6.07, 6.45) is 0. The highest BCUT2D eigenvalue weighted by atomic mass is 35.5. The van der Waals surface area contributed by atoms with Gasteiger partial charge in [0.05, 0.1) is 11.3 Å². The zero-order valence-corrected chi connectivity index (χ0v) is 12.1. The SMILES string of the molecule is CN(C)C(=O)c1ccc(N)cc1Nc1cccc(Cl)c1. The van der Waals surface area contributed by atoms with E-state index in [-0.39, 0.29) is 5.91 Å². The number of halogens is 1.